The molecule has 0 aliphatic rings. The summed E-state index contributed by atoms with van der Waals surface area (Å²) in [6.45, 7) is 17.5. The first-order chi connectivity index (χ1) is 19.7. The fraction of sp³-hybridized carbons (Fsp3) is 0.559. The minimum Gasteiger partial charge on any atom is -0.444 e. The third-order valence-corrected chi connectivity index (χ3v) is 7.58. The Labute approximate surface area is 257 Å². The van der Waals surface area contributed by atoms with Crippen LogP contribution in [0.15, 0.2) is 36.4 Å². The molecule has 0 radical (unpaired) electrons. The Bertz CT molecular complexity index is 1200. The molecule has 2 N–H and O–H groups in total. The van der Waals surface area contributed by atoms with Gasteiger partial charge in [-0.3, -0.25) is 9.59 Å². The molecular weight excluding hydrogens is 550 g/mol. The van der Waals surface area contributed by atoms with Crippen LogP contribution in [0.4, 0.5) is 10.5 Å². The van der Waals surface area contributed by atoms with Crippen LogP contribution in [0.1, 0.15) is 102 Å². The third kappa shape index (κ3) is 10.3. The lowest BCUT2D eigenvalue weighted by atomic mass is 9.96. The van der Waals surface area contributed by atoms with Gasteiger partial charge >= 0.3 is 6.09 Å². The van der Waals surface area contributed by atoms with Gasteiger partial charge < -0.3 is 20.3 Å². The molecule has 2 aromatic rings. The SMILES string of the molecule is CCCCCCCN(C(=O)C(NC(=O)OC(C)(C)C)C(C)C)C(C(=O)Nc1c(C)cccc1Cl)c1ccc(C)c(C)c1. The molecule has 2 rings (SSSR count). The van der Waals surface area contributed by atoms with Crippen LogP contribution >= 0.6 is 11.6 Å². The lowest BCUT2D eigenvalue weighted by Gasteiger charge is -2.36. The lowest BCUT2D eigenvalue weighted by molar-refractivity contribution is -0.141. The number of hydrogen-bond donors (Lipinski definition) is 2. The van der Waals surface area contributed by atoms with Crippen molar-refractivity contribution in [1.82, 2.24) is 10.2 Å². The van der Waals surface area contributed by atoms with Crippen LogP contribution in [-0.4, -0.2) is 41.0 Å². The second-order valence-corrected chi connectivity index (χ2v) is 12.9. The average molecular weight is 600 g/mol. The molecule has 7 nitrogen and oxygen atoms in total. The number of nitrogens with one attached hydrogen (secondary N) is 2. The van der Waals surface area contributed by atoms with E-state index in [1.807, 2.05) is 65.0 Å². The van der Waals surface area contributed by atoms with E-state index in [9.17, 15) is 14.4 Å². The maximum absolute atomic E-state index is 14.4. The quantitative estimate of drug-likeness (QED) is 0.227. The molecule has 0 bridgehead atoms. The Hall–Kier alpha value is -3.06. The number of amides is 3. The van der Waals surface area contributed by atoms with Crippen LogP contribution in [-0.2, 0) is 14.3 Å². The van der Waals surface area contributed by atoms with Gasteiger partial charge in [0, 0.05) is 6.54 Å². The summed E-state index contributed by atoms with van der Waals surface area (Å²) in [5, 5.41) is 6.24. The molecule has 0 aromatic heterocycles. The summed E-state index contributed by atoms with van der Waals surface area (Å²) >= 11 is 6.49. The minimum absolute atomic E-state index is 0.248. The Morgan fingerprint density at radius 3 is 2.17 bits per heavy atom. The van der Waals surface area contributed by atoms with Crippen LogP contribution in [0.2, 0.25) is 5.02 Å². The second kappa shape index (κ2) is 16.0. The van der Waals surface area contributed by atoms with E-state index in [0.29, 0.717) is 22.8 Å². The standard InChI is InChI=1S/C34H50ClN3O4/c1-10-11-12-13-14-20-38(32(40)28(22(2)3)37-33(41)42-34(7,8)9)30(26-19-18-23(4)25(6)21-26)31(39)36-29-24(5)16-15-17-27(29)35/h15-19,21-22,28,30H,10-14,20H2,1-9H3,(H,36,39)(H,37,41). The smallest absolute Gasteiger partial charge is 0.408 e. The van der Waals surface area contributed by atoms with Gasteiger partial charge in [-0.1, -0.05) is 88.4 Å². The summed E-state index contributed by atoms with van der Waals surface area (Å²) in [5.74, 6) is -0.946. The fourth-order valence-corrected chi connectivity index (χ4v) is 5.04. The number of alkyl carbamates (subject to hydrolysis) is 1. The number of anilines is 1. The van der Waals surface area contributed by atoms with Crippen LogP contribution in [0.25, 0.3) is 0 Å². The highest BCUT2D eigenvalue weighted by Crippen LogP contribution is 2.31. The molecule has 42 heavy (non-hydrogen) atoms. The molecular formula is C34H50ClN3O4. The highest BCUT2D eigenvalue weighted by molar-refractivity contribution is 6.34. The monoisotopic (exact) mass is 599 g/mol. The van der Waals surface area contributed by atoms with Crippen molar-refractivity contribution in [2.75, 3.05) is 11.9 Å². The Balaban J connectivity index is 2.60. The van der Waals surface area contributed by atoms with E-state index in [0.717, 1.165) is 48.8 Å². The molecule has 3 amide bonds. The lowest BCUT2D eigenvalue weighted by Crippen LogP contribution is -2.54. The zero-order valence-electron chi connectivity index (χ0n) is 26.9. The number of ether oxygens (including phenoxy) is 1. The maximum Gasteiger partial charge on any atom is 0.408 e. The van der Waals surface area contributed by atoms with Gasteiger partial charge in [-0.15, -0.1) is 0 Å². The molecule has 0 heterocycles. The van der Waals surface area contributed by atoms with Crippen molar-refractivity contribution in [2.24, 2.45) is 5.92 Å². The summed E-state index contributed by atoms with van der Waals surface area (Å²) in [5.41, 5.74) is 3.41. The van der Waals surface area contributed by atoms with Gasteiger partial charge in [0.15, 0.2) is 0 Å². The number of carbonyl (C=O) groups excluding carboxylic acids is 3. The Morgan fingerprint density at radius 2 is 1.60 bits per heavy atom. The number of rotatable bonds is 13. The first-order valence-electron chi connectivity index (χ1n) is 15.1. The first kappa shape index (κ1) is 35.1. The molecule has 0 fully saturated rings. The summed E-state index contributed by atoms with van der Waals surface area (Å²) in [6, 6.07) is 9.43. The van der Waals surface area contributed by atoms with Gasteiger partial charge in [0.25, 0.3) is 5.91 Å². The number of carbonyl (C=O) groups is 3. The summed E-state index contributed by atoms with van der Waals surface area (Å²) < 4.78 is 5.49. The molecule has 2 atom stereocenters. The van der Waals surface area contributed by atoms with Crippen molar-refractivity contribution >= 4 is 35.2 Å². The number of halogens is 1. The van der Waals surface area contributed by atoms with E-state index in [-0.39, 0.29) is 17.7 Å². The van der Waals surface area contributed by atoms with Crippen LogP contribution < -0.4 is 10.6 Å². The van der Waals surface area contributed by atoms with Gasteiger partial charge in [-0.05, 0) is 82.2 Å². The molecule has 0 aliphatic carbocycles. The van der Waals surface area contributed by atoms with Crippen molar-refractivity contribution in [3.05, 3.63) is 63.7 Å². The molecule has 8 heteroatoms. The van der Waals surface area contributed by atoms with Crippen molar-refractivity contribution in [1.29, 1.82) is 0 Å². The highest BCUT2D eigenvalue weighted by atomic mass is 35.5. The van der Waals surface area contributed by atoms with Crippen molar-refractivity contribution < 1.29 is 19.1 Å². The van der Waals surface area contributed by atoms with Gasteiger partial charge in [-0.2, -0.15) is 0 Å². The van der Waals surface area contributed by atoms with Crippen LogP contribution in [0.3, 0.4) is 0 Å². The van der Waals surface area contributed by atoms with E-state index >= 15 is 0 Å². The van der Waals surface area contributed by atoms with Gasteiger partial charge in [0.05, 0.1) is 10.7 Å². The number of nitrogens with zero attached hydrogens (tertiary/aromatic N) is 1. The van der Waals surface area contributed by atoms with Crippen LogP contribution in [0.5, 0.6) is 0 Å². The number of hydrogen-bond acceptors (Lipinski definition) is 4. The van der Waals surface area contributed by atoms with Crippen molar-refractivity contribution in [3.8, 4) is 0 Å². The zero-order valence-corrected chi connectivity index (χ0v) is 27.7. The molecule has 0 aliphatic heterocycles. The van der Waals surface area contributed by atoms with E-state index in [1.54, 1.807) is 31.7 Å². The van der Waals surface area contributed by atoms with E-state index < -0.39 is 23.8 Å². The van der Waals surface area contributed by atoms with E-state index in [2.05, 4.69) is 17.6 Å². The second-order valence-electron chi connectivity index (χ2n) is 12.5. The maximum atomic E-state index is 14.4. The molecule has 0 saturated carbocycles. The highest BCUT2D eigenvalue weighted by Gasteiger charge is 2.37. The average Bonchev–Trinajstić information content (AvgIpc) is 2.89. The third-order valence-electron chi connectivity index (χ3n) is 7.27. The minimum atomic E-state index is -0.944. The summed E-state index contributed by atoms with van der Waals surface area (Å²) in [6.07, 6.45) is 4.23. The Kier molecular flexibility index (Phi) is 13.4. The topological polar surface area (TPSA) is 87.7 Å². The molecule has 2 unspecified atom stereocenters. The number of para-hydroxylation sites is 1. The van der Waals surface area contributed by atoms with Gasteiger partial charge in [0.2, 0.25) is 5.91 Å². The molecule has 0 spiro atoms. The van der Waals surface area contributed by atoms with Gasteiger partial charge in [0.1, 0.15) is 17.7 Å². The molecule has 232 valence electrons. The Morgan fingerprint density at radius 1 is 0.929 bits per heavy atom. The van der Waals surface area contributed by atoms with Crippen LogP contribution in [0, 0.1) is 26.7 Å². The summed E-state index contributed by atoms with van der Waals surface area (Å²) in [7, 11) is 0. The first-order valence-corrected chi connectivity index (χ1v) is 15.5. The normalized spacial score (nSPS) is 12.9. The molecule has 0 saturated heterocycles. The fourth-order valence-electron chi connectivity index (χ4n) is 4.77. The largest absolute Gasteiger partial charge is 0.444 e. The number of aryl methyl sites for hydroxylation is 3. The van der Waals surface area contributed by atoms with Gasteiger partial charge in [-0.25, -0.2) is 4.79 Å². The van der Waals surface area contributed by atoms with Crippen molar-refractivity contribution in [2.45, 2.75) is 112 Å². The van der Waals surface area contributed by atoms with E-state index in [4.69, 9.17) is 16.3 Å². The number of benzene rings is 2. The predicted molar refractivity (Wildman–Crippen MR) is 172 cm³/mol. The predicted octanol–water partition coefficient (Wildman–Crippen LogP) is 8.29. The zero-order chi connectivity index (χ0) is 31.6. The summed E-state index contributed by atoms with van der Waals surface area (Å²) in [4.78, 5) is 43.1. The van der Waals surface area contributed by atoms with E-state index in [1.165, 1.54) is 0 Å². The molecule has 2 aromatic carbocycles. The van der Waals surface area contributed by atoms with Crippen molar-refractivity contribution in [3.63, 3.8) is 0 Å². The number of unbranched alkanes of at least 4 members (excludes halogenated alkanes) is 4.